The first-order valence-corrected chi connectivity index (χ1v) is 4.64. The molecule has 0 saturated carbocycles. The Hall–Kier alpha value is -1.06. The molecule has 0 spiro atoms. The molecule has 1 amide bonds. The van der Waals surface area contributed by atoms with Crippen molar-refractivity contribution < 1.29 is 14.3 Å². The summed E-state index contributed by atoms with van der Waals surface area (Å²) in [5.74, 6) is -0.0915. The van der Waals surface area contributed by atoms with Crippen molar-refractivity contribution in [1.29, 1.82) is 0 Å². The van der Waals surface area contributed by atoms with Gasteiger partial charge in [-0.1, -0.05) is 0 Å². The van der Waals surface area contributed by atoms with Crippen molar-refractivity contribution >= 4 is 11.9 Å². The Labute approximate surface area is 76.8 Å². The summed E-state index contributed by atoms with van der Waals surface area (Å²) in [5.41, 5.74) is 0. The first kappa shape index (κ1) is 8.53. The lowest BCUT2D eigenvalue weighted by Gasteiger charge is -2.43. The fraction of sp³-hybridized carbons (Fsp3) is 0.778. The average Bonchev–Trinajstić information content (AvgIpc) is 2.11. The molecule has 1 atom stereocenters. The van der Waals surface area contributed by atoms with Crippen LogP contribution in [0.2, 0.25) is 0 Å². The normalized spacial score (nSPS) is 32.1. The monoisotopic (exact) mass is 183 g/mol. The summed E-state index contributed by atoms with van der Waals surface area (Å²) in [6, 6.07) is 0. The van der Waals surface area contributed by atoms with E-state index in [1.807, 2.05) is 0 Å². The van der Waals surface area contributed by atoms with E-state index in [4.69, 9.17) is 4.74 Å². The number of hydrogen-bond acceptors (Lipinski definition) is 3. The second-order valence-corrected chi connectivity index (χ2v) is 3.69. The van der Waals surface area contributed by atoms with Gasteiger partial charge in [0.15, 0.2) is 6.10 Å². The van der Waals surface area contributed by atoms with Gasteiger partial charge in [0.05, 0.1) is 0 Å². The van der Waals surface area contributed by atoms with E-state index in [1.165, 1.54) is 6.92 Å². The Kier molecular flexibility index (Phi) is 1.98. The van der Waals surface area contributed by atoms with Gasteiger partial charge in [-0.05, 0) is 12.8 Å². The van der Waals surface area contributed by atoms with E-state index in [-0.39, 0.29) is 17.8 Å². The Bertz CT molecular complexity index is 243. The lowest BCUT2D eigenvalue weighted by molar-refractivity contribution is -0.171. The van der Waals surface area contributed by atoms with Gasteiger partial charge in [-0.25, -0.2) is 0 Å². The van der Waals surface area contributed by atoms with Crippen LogP contribution >= 0.6 is 0 Å². The topological polar surface area (TPSA) is 46.6 Å². The van der Waals surface area contributed by atoms with Crippen molar-refractivity contribution in [2.24, 2.45) is 5.92 Å². The predicted molar refractivity (Wildman–Crippen MR) is 44.9 cm³/mol. The molecule has 13 heavy (non-hydrogen) atoms. The summed E-state index contributed by atoms with van der Waals surface area (Å²) in [6.45, 7) is 3.02. The van der Waals surface area contributed by atoms with Crippen LogP contribution < -0.4 is 0 Å². The van der Waals surface area contributed by atoms with Crippen molar-refractivity contribution in [1.82, 2.24) is 4.90 Å². The zero-order valence-corrected chi connectivity index (χ0v) is 7.66. The first-order valence-electron chi connectivity index (χ1n) is 4.64. The fourth-order valence-electron chi connectivity index (χ4n) is 2.13. The van der Waals surface area contributed by atoms with Crippen LogP contribution in [-0.4, -0.2) is 36.0 Å². The Balaban J connectivity index is 2.09. The lowest BCUT2D eigenvalue weighted by Crippen LogP contribution is -2.56. The predicted octanol–water partition coefficient (Wildman–Crippen LogP) is 0.170. The molecule has 3 aliphatic rings. The summed E-state index contributed by atoms with van der Waals surface area (Å²) >= 11 is 0. The average molecular weight is 183 g/mol. The first-order chi connectivity index (χ1) is 6.18. The molecule has 4 heteroatoms. The van der Waals surface area contributed by atoms with Crippen molar-refractivity contribution in [2.45, 2.75) is 25.9 Å². The van der Waals surface area contributed by atoms with Gasteiger partial charge >= 0.3 is 5.97 Å². The van der Waals surface area contributed by atoms with Crippen LogP contribution in [0.4, 0.5) is 0 Å². The molecule has 0 radical (unpaired) electrons. The van der Waals surface area contributed by atoms with Gasteiger partial charge in [0.25, 0.3) is 5.91 Å². The molecule has 0 unspecified atom stereocenters. The van der Waals surface area contributed by atoms with Gasteiger partial charge in [-0.3, -0.25) is 9.59 Å². The molecule has 3 heterocycles. The van der Waals surface area contributed by atoms with Crippen LogP contribution in [0.5, 0.6) is 0 Å². The van der Waals surface area contributed by atoms with Crippen molar-refractivity contribution in [2.75, 3.05) is 13.1 Å². The summed E-state index contributed by atoms with van der Waals surface area (Å²) in [5, 5.41) is 0. The van der Waals surface area contributed by atoms with Crippen LogP contribution in [0.15, 0.2) is 0 Å². The molecule has 3 rings (SSSR count). The molecule has 0 aromatic carbocycles. The minimum Gasteiger partial charge on any atom is -0.452 e. The van der Waals surface area contributed by atoms with E-state index in [1.54, 1.807) is 4.90 Å². The van der Waals surface area contributed by atoms with Gasteiger partial charge in [0.1, 0.15) is 0 Å². The maximum Gasteiger partial charge on any atom is 0.303 e. The number of hydrogen-bond donors (Lipinski definition) is 0. The maximum atomic E-state index is 11.6. The molecule has 72 valence electrons. The van der Waals surface area contributed by atoms with E-state index in [2.05, 4.69) is 0 Å². The summed E-state index contributed by atoms with van der Waals surface area (Å²) in [6.07, 6.45) is 1.47. The number of carbonyl (C=O) groups excluding carboxylic acids is 2. The number of fused-ring (bicyclic) bond motifs is 3. The van der Waals surface area contributed by atoms with Crippen molar-refractivity contribution in [3.63, 3.8) is 0 Å². The highest BCUT2D eigenvalue weighted by Crippen LogP contribution is 2.30. The SMILES string of the molecule is CC(=O)O[C@H]1C(=O)N2CCC1CC2. The second kappa shape index (κ2) is 3.01. The van der Waals surface area contributed by atoms with Crippen LogP contribution in [0, 0.1) is 5.92 Å². The summed E-state index contributed by atoms with van der Waals surface area (Å²) < 4.78 is 5.01. The third kappa shape index (κ3) is 1.41. The van der Waals surface area contributed by atoms with Gasteiger partial charge in [-0.2, -0.15) is 0 Å². The standard InChI is InChI=1S/C9H13NO3/c1-6(11)13-8-7-2-4-10(5-3-7)9(8)12/h7-8H,2-5H2,1H3/t8-/m1/s1. The smallest absolute Gasteiger partial charge is 0.303 e. The van der Waals surface area contributed by atoms with Crippen LogP contribution in [-0.2, 0) is 14.3 Å². The molecular weight excluding hydrogens is 170 g/mol. The summed E-state index contributed by atoms with van der Waals surface area (Å²) in [4.78, 5) is 24.1. The Morgan fingerprint density at radius 2 is 2.08 bits per heavy atom. The summed E-state index contributed by atoms with van der Waals surface area (Å²) in [7, 11) is 0. The third-order valence-electron chi connectivity index (χ3n) is 2.82. The molecule has 0 aromatic rings. The van der Waals surface area contributed by atoms with E-state index < -0.39 is 6.10 Å². The zero-order valence-electron chi connectivity index (χ0n) is 7.66. The lowest BCUT2D eigenvalue weighted by atomic mass is 9.85. The zero-order chi connectivity index (χ0) is 9.42. The fourth-order valence-corrected chi connectivity index (χ4v) is 2.13. The van der Waals surface area contributed by atoms with Gasteiger partial charge in [-0.15, -0.1) is 0 Å². The molecule has 0 aromatic heterocycles. The largest absolute Gasteiger partial charge is 0.452 e. The number of piperidine rings is 3. The molecule has 3 saturated heterocycles. The number of amides is 1. The Morgan fingerprint density at radius 3 is 2.54 bits per heavy atom. The highest BCUT2D eigenvalue weighted by atomic mass is 16.5. The Morgan fingerprint density at radius 1 is 1.46 bits per heavy atom. The minimum atomic E-state index is -0.486. The molecule has 4 nitrogen and oxygen atoms in total. The molecular formula is C9H13NO3. The maximum absolute atomic E-state index is 11.6. The second-order valence-electron chi connectivity index (χ2n) is 3.69. The van der Waals surface area contributed by atoms with Gasteiger partial charge in [0.2, 0.25) is 0 Å². The van der Waals surface area contributed by atoms with Crippen molar-refractivity contribution in [3.05, 3.63) is 0 Å². The number of carbonyl (C=O) groups is 2. The van der Waals surface area contributed by atoms with E-state index in [9.17, 15) is 9.59 Å². The molecule has 2 bridgehead atoms. The van der Waals surface area contributed by atoms with E-state index in [0.29, 0.717) is 0 Å². The van der Waals surface area contributed by atoms with Gasteiger partial charge < -0.3 is 9.64 Å². The van der Waals surface area contributed by atoms with Crippen molar-refractivity contribution in [3.8, 4) is 0 Å². The molecule has 3 fully saturated rings. The molecule has 0 N–H and O–H groups in total. The van der Waals surface area contributed by atoms with Crippen LogP contribution in [0.3, 0.4) is 0 Å². The quantitative estimate of drug-likeness (QED) is 0.544. The number of nitrogens with zero attached hydrogens (tertiary/aromatic N) is 1. The third-order valence-corrected chi connectivity index (χ3v) is 2.82. The molecule has 0 aliphatic carbocycles. The van der Waals surface area contributed by atoms with E-state index >= 15 is 0 Å². The number of esters is 1. The van der Waals surface area contributed by atoms with Crippen LogP contribution in [0.25, 0.3) is 0 Å². The number of ether oxygens (including phenoxy) is 1. The molecule has 3 aliphatic heterocycles. The van der Waals surface area contributed by atoms with Gasteiger partial charge in [0, 0.05) is 25.9 Å². The highest BCUT2D eigenvalue weighted by molar-refractivity contribution is 5.85. The van der Waals surface area contributed by atoms with E-state index in [0.717, 1.165) is 25.9 Å². The minimum absolute atomic E-state index is 0.00213. The number of rotatable bonds is 1. The highest BCUT2D eigenvalue weighted by Gasteiger charge is 2.42. The van der Waals surface area contributed by atoms with Crippen LogP contribution in [0.1, 0.15) is 19.8 Å².